The van der Waals surface area contributed by atoms with Gasteiger partial charge in [-0.05, 0) is 42.2 Å². The van der Waals surface area contributed by atoms with Crippen molar-refractivity contribution in [3.8, 4) is 28.0 Å². The lowest BCUT2D eigenvalue weighted by Crippen LogP contribution is -2.43. The first-order valence-electron chi connectivity index (χ1n) is 12.4. The molecule has 0 bridgehead atoms. The first kappa shape index (κ1) is 23.5. The highest BCUT2D eigenvalue weighted by molar-refractivity contribution is 7.91. The molecule has 6 rings (SSSR count). The Morgan fingerprint density at radius 3 is 2.56 bits per heavy atom. The third kappa shape index (κ3) is 4.86. The first-order valence-corrected chi connectivity index (χ1v) is 13.9. The van der Waals surface area contributed by atoms with E-state index >= 15 is 0 Å². The van der Waals surface area contributed by atoms with Crippen molar-refractivity contribution in [2.45, 2.75) is 23.3 Å². The third-order valence-electron chi connectivity index (χ3n) is 7.03. The molecular formula is C28H31N4O3S+. The summed E-state index contributed by atoms with van der Waals surface area (Å²) in [6, 6.07) is 16.7. The number of rotatable bonds is 8. The highest BCUT2D eigenvalue weighted by Crippen LogP contribution is 2.41. The average Bonchev–Trinajstić information content (AvgIpc) is 3.54. The maximum absolute atomic E-state index is 6.44. The molecule has 2 aromatic carbocycles. The molecule has 2 aromatic heterocycles. The smallest absolute Gasteiger partial charge is 0.190 e. The normalized spacial score (nSPS) is 18.3. The minimum atomic E-state index is -0.247. The maximum Gasteiger partial charge on any atom is 0.190 e. The van der Waals surface area contributed by atoms with Crippen LogP contribution in [0.3, 0.4) is 0 Å². The van der Waals surface area contributed by atoms with Crippen molar-refractivity contribution in [3.63, 3.8) is 0 Å². The highest BCUT2D eigenvalue weighted by atomic mass is 32.2. The monoisotopic (exact) mass is 503 g/mol. The molecule has 2 aliphatic rings. The summed E-state index contributed by atoms with van der Waals surface area (Å²) in [7, 11) is 1.74. The van der Waals surface area contributed by atoms with Crippen LogP contribution in [0.1, 0.15) is 12.8 Å². The second-order valence-electron chi connectivity index (χ2n) is 9.52. The topological polar surface area (TPSA) is 61.1 Å². The number of aromatic nitrogens is 3. The van der Waals surface area contributed by atoms with Gasteiger partial charge < -0.3 is 9.47 Å². The lowest BCUT2D eigenvalue weighted by Gasteiger charge is -2.30. The molecule has 0 N–H and O–H groups in total. The number of fused-ring (bicyclic) bond motifs is 1. The molecule has 1 saturated carbocycles. The van der Waals surface area contributed by atoms with E-state index in [1.807, 2.05) is 23.1 Å². The zero-order valence-electron chi connectivity index (χ0n) is 20.7. The second kappa shape index (κ2) is 9.86. The first-order chi connectivity index (χ1) is 17.6. The fraction of sp³-hybridized carbons (Fsp3) is 0.357. The number of hydrogen-bond donors (Lipinski definition) is 0. The molecule has 8 heteroatoms. The standard InChI is InChI=1S/C28H31N4O3S/c1-33-36(2)25-5-3-4-22(16-25)26-18-30-32-19-23(17-29-27(26)32)21-6-8-24(9-7-21)35-28(10-11-28)20-31-12-14-34-15-13-31/h3-9,16-19H,10-15,20H2,1-2H3/q+1. The van der Waals surface area contributed by atoms with Gasteiger partial charge in [-0.25, -0.2) is 9.50 Å². The van der Waals surface area contributed by atoms with E-state index in [1.54, 1.807) is 7.11 Å². The van der Waals surface area contributed by atoms with E-state index in [-0.39, 0.29) is 16.8 Å². The van der Waals surface area contributed by atoms with Gasteiger partial charge in [-0.2, -0.15) is 9.28 Å². The summed E-state index contributed by atoms with van der Waals surface area (Å²) in [5.41, 5.74) is 5.00. The van der Waals surface area contributed by atoms with Crippen LogP contribution in [0.2, 0.25) is 0 Å². The molecule has 2 fully saturated rings. The van der Waals surface area contributed by atoms with Crippen molar-refractivity contribution >= 4 is 16.8 Å². The van der Waals surface area contributed by atoms with Crippen molar-refractivity contribution in [3.05, 3.63) is 67.1 Å². The van der Waals surface area contributed by atoms with Gasteiger partial charge in [-0.15, -0.1) is 0 Å². The summed E-state index contributed by atoms with van der Waals surface area (Å²) in [6.07, 6.45) is 10.1. The Kier molecular flexibility index (Phi) is 6.43. The minimum absolute atomic E-state index is 0.0381. The summed E-state index contributed by atoms with van der Waals surface area (Å²) in [6.45, 7) is 4.61. The molecule has 1 aliphatic carbocycles. The number of morpholine rings is 1. The van der Waals surface area contributed by atoms with Crippen LogP contribution in [0.4, 0.5) is 0 Å². The zero-order chi connectivity index (χ0) is 24.5. The van der Waals surface area contributed by atoms with E-state index in [4.69, 9.17) is 18.6 Å². The molecule has 1 saturated heterocycles. The number of ether oxygens (including phenoxy) is 2. The molecule has 0 spiro atoms. The van der Waals surface area contributed by atoms with Gasteiger partial charge in [-0.3, -0.25) is 4.90 Å². The van der Waals surface area contributed by atoms with Gasteiger partial charge in [0.1, 0.15) is 17.6 Å². The van der Waals surface area contributed by atoms with Crippen LogP contribution >= 0.6 is 0 Å². The number of benzene rings is 2. The Bertz CT molecular complexity index is 1350. The fourth-order valence-electron chi connectivity index (χ4n) is 4.73. The van der Waals surface area contributed by atoms with Gasteiger partial charge >= 0.3 is 0 Å². The predicted octanol–water partition coefficient (Wildman–Crippen LogP) is 4.48. The van der Waals surface area contributed by atoms with Gasteiger partial charge in [0.25, 0.3) is 0 Å². The molecule has 7 nitrogen and oxygen atoms in total. The summed E-state index contributed by atoms with van der Waals surface area (Å²) in [5.74, 6) is 0.922. The van der Waals surface area contributed by atoms with Crippen molar-refractivity contribution < 1.29 is 13.7 Å². The number of hydrogen-bond acceptors (Lipinski definition) is 6. The Hall–Kier alpha value is -2.91. The van der Waals surface area contributed by atoms with Gasteiger partial charge in [0.15, 0.2) is 21.7 Å². The molecule has 1 unspecified atom stereocenters. The van der Waals surface area contributed by atoms with E-state index in [0.717, 1.165) is 84.2 Å². The van der Waals surface area contributed by atoms with E-state index < -0.39 is 0 Å². The maximum atomic E-state index is 6.44. The zero-order valence-corrected chi connectivity index (χ0v) is 21.5. The Morgan fingerprint density at radius 1 is 1.00 bits per heavy atom. The molecule has 0 radical (unpaired) electrons. The van der Waals surface area contributed by atoms with Crippen molar-refractivity contribution in [1.82, 2.24) is 19.5 Å². The third-order valence-corrected chi connectivity index (χ3v) is 8.45. The molecule has 36 heavy (non-hydrogen) atoms. The fourth-order valence-corrected chi connectivity index (χ4v) is 5.49. The average molecular weight is 504 g/mol. The van der Waals surface area contributed by atoms with Crippen LogP contribution in [0, 0.1) is 0 Å². The summed E-state index contributed by atoms with van der Waals surface area (Å²) < 4.78 is 19.3. The highest BCUT2D eigenvalue weighted by Gasteiger charge is 2.46. The van der Waals surface area contributed by atoms with Crippen LogP contribution in [0.25, 0.3) is 27.9 Å². The molecule has 1 atom stereocenters. The molecule has 3 heterocycles. The van der Waals surface area contributed by atoms with Crippen LogP contribution in [0.5, 0.6) is 5.75 Å². The Morgan fingerprint density at radius 2 is 1.81 bits per heavy atom. The largest absolute Gasteiger partial charge is 0.486 e. The van der Waals surface area contributed by atoms with E-state index in [2.05, 4.69) is 64.8 Å². The van der Waals surface area contributed by atoms with Gasteiger partial charge in [0.05, 0.1) is 26.5 Å². The molecule has 4 aromatic rings. The molecular weight excluding hydrogens is 472 g/mol. The van der Waals surface area contributed by atoms with Crippen LogP contribution in [0.15, 0.2) is 72.0 Å². The lowest BCUT2D eigenvalue weighted by molar-refractivity contribution is 0.0140. The molecule has 0 amide bonds. The van der Waals surface area contributed by atoms with Crippen molar-refractivity contribution in [2.75, 3.05) is 46.2 Å². The molecule has 186 valence electrons. The lowest BCUT2D eigenvalue weighted by atomic mass is 10.1. The Labute approximate surface area is 214 Å². The molecule has 1 aliphatic heterocycles. The second-order valence-corrected chi connectivity index (χ2v) is 11.2. The number of nitrogens with zero attached hydrogens (tertiary/aromatic N) is 4. The summed E-state index contributed by atoms with van der Waals surface area (Å²) in [5, 5.41) is 4.59. The summed E-state index contributed by atoms with van der Waals surface area (Å²) in [4.78, 5) is 8.39. The van der Waals surface area contributed by atoms with E-state index in [1.165, 1.54) is 0 Å². The summed E-state index contributed by atoms with van der Waals surface area (Å²) >= 11 is -0.247. The van der Waals surface area contributed by atoms with Crippen molar-refractivity contribution in [2.24, 2.45) is 0 Å². The van der Waals surface area contributed by atoms with Crippen LogP contribution < -0.4 is 4.74 Å². The van der Waals surface area contributed by atoms with Gasteiger partial charge in [0, 0.05) is 49.2 Å². The predicted molar refractivity (Wildman–Crippen MR) is 142 cm³/mol. The van der Waals surface area contributed by atoms with Gasteiger partial charge in [-0.1, -0.05) is 24.3 Å². The quantitative estimate of drug-likeness (QED) is 0.331. The minimum Gasteiger partial charge on any atom is -0.486 e. The Balaban J connectivity index is 1.18. The van der Waals surface area contributed by atoms with E-state index in [9.17, 15) is 0 Å². The SMILES string of the molecule is CO[S+](C)c1cccc(-c2cnn3cc(-c4ccc(OC5(CN6CCOCC6)CC5)cc4)cnc23)c1. The van der Waals surface area contributed by atoms with E-state index in [0.29, 0.717) is 0 Å². The van der Waals surface area contributed by atoms with Crippen LogP contribution in [-0.2, 0) is 20.1 Å². The van der Waals surface area contributed by atoms with Crippen molar-refractivity contribution in [1.29, 1.82) is 0 Å². The van der Waals surface area contributed by atoms with Gasteiger partial charge in [0.2, 0.25) is 0 Å². The van der Waals surface area contributed by atoms with Crippen LogP contribution in [-0.4, -0.2) is 71.3 Å².